The van der Waals surface area contributed by atoms with E-state index in [9.17, 15) is 24.0 Å². The van der Waals surface area contributed by atoms with Gasteiger partial charge in [0.2, 0.25) is 11.8 Å². The minimum atomic E-state index is -1.24. The predicted octanol–water partition coefficient (Wildman–Crippen LogP) is 3.95. The van der Waals surface area contributed by atoms with Gasteiger partial charge in [-0.2, -0.15) is 0 Å². The van der Waals surface area contributed by atoms with Crippen LogP contribution in [0.25, 0.3) is 0 Å². The smallest absolute Gasteiger partial charge is 0.311 e. The Balaban J connectivity index is 1.77. The SMILES string of the molecule is CCC[C@H]1NC(=O)c2cnc(s2)[C@H](C)NC(=O)[C@H](Cc2ccccc2)N(C)C(=O)[C@H](Cc2ccc(OC)cc2)N(C)C(=O)[C@H](C)OC(=O)[C@@H]1C. The standard InChI is InChI=1S/C37H47N5O7S/c1-8-12-28-22(2)37(47)49-24(4)35(45)42(6)30(20-26-15-17-27(48-7)18-16-26)36(46)41(5)29(19-25-13-10-9-11-14-25)32(43)39-23(3)34-38-21-31(50-34)33(44)40-28/h9-11,13-18,21-24,28-30H,8,12,19-20H2,1-7H3,(H,39,43)(H,40,44)/t22-,23+,24+,28-,29+,30+/m1/s1. The number of aromatic nitrogens is 1. The molecule has 0 aliphatic carbocycles. The van der Waals surface area contributed by atoms with Gasteiger partial charge in [-0.25, -0.2) is 4.98 Å². The zero-order valence-electron chi connectivity index (χ0n) is 29.7. The molecule has 0 unspecified atom stereocenters. The summed E-state index contributed by atoms with van der Waals surface area (Å²) in [5, 5.41) is 6.44. The molecule has 0 fully saturated rings. The van der Waals surface area contributed by atoms with Gasteiger partial charge in [0.25, 0.3) is 11.8 Å². The summed E-state index contributed by atoms with van der Waals surface area (Å²) in [6, 6.07) is 13.3. The number of methoxy groups -OCH3 is 1. The first-order valence-corrected chi connectivity index (χ1v) is 17.6. The number of rotatable bonds is 7. The van der Waals surface area contributed by atoms with Crippen molar-refractivity contribution in [3.8, 4) is 5.75 Å². The van der Waals surface area contributed by atoms with Crippen LogP contribution in [0.5, 0.6) is 5.75 Å². The molecule has 1 aliphatic heterocycles. The van der Waals surface area contributed by atoms with E-state index in [4.69, 9.17) is 9.47 Å². The second-order valence-electron chi connectivity index (χ2n) is 12.7. The van der Waals surface area contributed by atoms with Crippen molar-refractivity contribution in [2.45, 2.75) is 83.6 Å². The van der Waals surface area contributed by atoms with Gasteiger partial charge in [0.1, 0.15) is 27.7 Å². The fraction of sp³-hybridized carbons (Fsp3) is 0.459. The molecule has 0 spiro atoms. The number of nitrogens with one attached hydrogen (secondary N) is 2. The number of hydrogen-bond donors (Lipinski definition) is 2. The number of carbonyl (C=O) groups is 5. The topological polar surface area (TPSA) is 147 Å². The lowest BCUT2D eigenvalue weighted by atomic mass is 9.97. The summed E-state index contributed by atoms with van der Waals surface area (Å²) in [6.07, 6.45) is 1.71. The van der Waals surface area contributed by atoms with E-state index in [1.54, 1.807) is 40.1 Å². The van der Waals surface area contributed by atoms with Crippen LogP contribution in [-0.4, -0.2) is 89.8 Å². The Labute approximate surface area is 297 Å². The average molecular weight is 706 g/mol. The molecule has 4 rings (SSSR count). The quantitative estimate of drug-likeness (QED) is 0.352. The lowest BCUT2D eigenvalue weighted by Crippen LogP contribution is -2.57. The van der Waals surface area contributed by atoms with Gasteiger partial charge in [0.05, 0.1) is 25.3 Å². The van der Waals surface area contributed by atoms with Gasteiger partial charge in [-0.15, -0.1) is 11.3 Å². The largest absolute Gasteiger partial charge is 0.497 e. The highest BCUT2D eigenvalue weighted by molar-refractivity contribution is 7.13. The van der Waals surface area contributed by atoms with E-state index in [0.29, 0.717) is 28.5 Å². The van der Waals surface area contributed by atoms with Crippen molar-refractivity contribution in [3.63, 3.8) is 0 Å². The van der Waals surface area contributed by atoms with Crippen LogP contribution < -0.4 is 15.4 Å². The average Bonchev–Trinajstić information content (AvgIpc) is 3.62. The third-order valence-corrected chi connectivity index (χ3v) is 10.3. The minimum Gasteiger partial charge on any atom is -0.497 e. The third-order valence-electron chi connectivity index (χ3n) is 9.09. The number of ether oxygens (including phenoxy) is 2. The Hall–Kier alpha value is -4.78. The molecule has 1 aliphatic rings. The number of cyclic esters (lactones) is 1. The number of benzene rings is 2. The van der Waals surface area contributed by atoms with E-state index in [1.165, 1.54) is 30.0 Å². The number of fused-ring (bicyclic) bond motifs is 2. The maximum atomic E-state index is 14.5. The molecule has 13 heteroatoms. The lowest BCUT2D eigenvalue weighted by molar-refractivity contribution is -0.164. The predicted molar refractivity (Wildman–Crippen MR) is 190 cm³/mol. The number of hydrogen-bond acceptors (Lipinski definition) is 9. The Morgan fingerprint density at radius 2 is 1.46 bits per heavy atom. The van der Waals surface area contributed by atoms with Crippen molar-refractivity contribution >= 4 is 40.9 Å². The highest BCUT2D eigenvalue weighted by atomic mass is 32.1. The first kappa shape index (κ1) is 38.0. The molecule has 4 amide bonds. The van der Waals surface area contributed by atoms with E-state index >= 15 is 0 Å². The Bertz CT molecular complexity index is 1650. The summed E-state index contributed by atoms with van der Waals surface area (Å²) in [7, 11) is 4.60. The number of thiazole rings is 1. The second kappa shape index (κ2) is 17.2. The summed E-state index contributed by atoms with van der Waals surface area (Å²) < 4.78 is 11.0. The molecule has 6 atom stereocenters. The molecule has 0 saturated carbocycles. The highest BCUT2D eigenvalue weighted by Crippen LogP contribution is 2.24. The fourth-order valence-corrected chi connectivity index (χ4v) is 6.73. The normalized spacial score (nSPS) is 24.4. The van der Waals surface area contributed by atoms with Gasteiger partial charge in [-0.1, -0.05) is 55.8 Å². The van der Waals surface area contributed by atoms with Crippen molar-refractivity contribution in [3.05, 3.63) is 81.8 Å². The van der Waals surface area contributed by atoms with E-state index < -0.39 is 65.8 Å². The summed E-state index contributed by atoms with van der Waals surface area (Å²) in [6.45, 7) is 6.82. The Morgan fingerprint density at radius 1 is 0.840 bits per heavy atom. The van der Waals surface area contributed by atoms with Gasteiger partial charge in [-0.3, -0.25) is 24.0 Å². The maximum Gasteiger partial charge on any atom is 0.311 e. The molecule has 2 N–H and O–H groups in total. The van der Waals surface area contributed by atoms with Crippen LogP contribution in [0.2, 0.25) is 0 Å². The molecular weight excluding hydrogens is 659 g/mol. The molecule has 2 heterocycles. The maximum absolute atomic E-state index is 14.5. The number of likely N-dealkylation sites (N-methyl/N-ethyl adjacent to an activating group) is 2. The number of amides is 4. The summed E-state index contributed by atoms with van der Waals surface area (Å²) in [4.78, 5) is 76.6. The Morgan fingerprint density at radius 3 is 2.10 bits per heavy atom. The molecule has 268 valence electrons. The number of carbonyl (C=O) groups excluding carboxylic acids is 5. The molecule has 0 saturated heterocycles. The van der Waals surface area contributed by atoms with Crippen LogP contribution >= 0.6 is 11.3 Å². The monoisotopic (exact) mass is 705 g/mol. The zero-order valence-corrected chi connectivity index (χ0v) is 30.5. The number of nitrogens with zero attached hydrogens (tertiary/aromatic N) is 3. The second-order valence-corrected chi connectivity index (χ2v) is 13.8. The minimum absolute atomic E-state index is 0.120. The molecule has 2 aromatic carbocycles. The summed E-state index contributed by atoms with van der Waals surface area (Å²) in [5.74, 6) is -2.67. The van der Waals surface area contributed by atoms with E-state index in [1.807, 2.05) is 49.4 Å². The molecule has 50 heavy (non-hydrogen) atoms. The van der Waals surface area contributed by atoms with Crippen LogP contribution in [0.1, 0.15) is 72.4 Å². The van der Waals surface area contributed by atoms with Gasteiger partial charge in [-0.05, 0) is 50.5 Å². The first-order chi connectivity index (χ1) is 23.8. The van der Waals surface area contributed by atoms with Crippen LogP contribution in [0, 0.1) is 5.92 Å². The lowest BCUT2D eigenvalue weighted by Gasteiger charge is -2.35. The first-order valence-electron chi connectivity index (χ1n) is 16.8. The number of esters is 1. The summed E-state index contributed by atoms with van der Waals surface area (Å²) >= 11 is 1.14. The van der Waals surface area contributed by atoms with Crippen molar-refractivity contribution in [1.29, 1.82) is 0 Å². The van der Waals surface area contributed by atoms with Crippen LogP contribution in [-0.2, 0) is 36.8 Å². The van der Waals surface area contributed by atoms with Gasteiger partial charge in [0, 0.05) is 33.0 Å². The highest BCUT2D eigenvalue weighted by Gasteiger charge is 2.38. The molecule has 2 bridgehead atoms. The molecular formula is C37H47N5O7S. The molecule has 1 aromatic heterocycles. The van der Waals surface area contributed by atoms with Gasteiger partial charge >= 0.3 is 5.97 Å². The van der Waals surface area contributed by atoms with Gasteiger partial charge < -0.3 is 29.9 Å². The van der Waals surface area contributed by atoms with Crippen molar-refractivity contribution in [2.24, 2.45) is 5.92 Å². The fourth-order valence-electron chi connectivity index (χ4n) is 5.90. The molecule has 0 radical (unpaired) electrons. The van der Waals surface area contributed by atoms with E-state index in [-0.39, 0.29) is 12.8 Å². The van der Waals surface area contributed by atoms with Crippen molar-refractivity contribution < 1.29 is 33.4 Å². The van der Waals surface area contributed by atoms with Crippen LogP contribution in [0.15, 0.2) is 60.8 Å². The summed E-state index contributed by atoms with van der Waals surface area (Å²) in [5.41, 5.74) is 1.59. The third kappa shape index (κ3) is 9.26. The van der Waals surface area contributed by atoms with Crippen LogP contribution in [0.4, 0.5) is 0 Å². The van der Waals surface area contributed by atoms with E-state index in [2.05, 4.69) is 15.6 Å². The zero-order chi connectivity index (χ0) is 36.5. The van der Waals surface area contributed by atoms with Crippen molar-refractivity contribution in [2.75, 3.05) is 21.2 Å². The van der Waals surface area contributed by atoms with E-state index in [0.717, 1.165) is 22.5 Å². The molecule has 12 nitrogen and oxygen atoms in total. The molecule has 3 aromatic rings. The van der Waals surface area contributed by atoms with Crippen molar-refractivity contribution in [1.82, 2.24) is 25.4 Å². The Kier molecular flexibility index (Phi) is 13.1. The van der Waals surface area contributed by atoms with Gasteiger partial charge in [0.15, 0.2) is 6.10 Å². The van der Waals surface area contributed by atoms with Crippen LogP contribution in [0.3, 0.4) is 0 Å².